The molecule has 0 fully saturated rings. The molecule has 0 aliphatic rings. The van der Waals surface area contributed by atoms with Crippen LogP contribution >= 0.6 is 11.8 Å². The van der Waals surface area contributed by atoms with Crippen LogP contribution in [0.15, 0.2) is 84.0 Å². The van der Waals surface area contributed by atoms with Crippen molar-refractivity contribution in [2.75, 3.05) is 11.1 Å². The SMILES string of the molecule is CCc1ccccc1NC(=O)CSc1nnc(-c2ccccc2O)n1-c1ccccc1. The molecule has 6 nitrogen and oxygen atoms in total. The third-order valence-electron chi connectivity index (χ3n) is 4.80. The Bertz CT molecular complexity index is 1190. The van der Waals surface area contributed by atoms with E-state index in [0.29, 0.717) is 16.5 Å². The Morgan fingerprint density at radius 1 is 0.968 bits per heavy atom. The van der Waals surface area contributed by atoms with Crippen LogP contribution in [0.1, 0.15) is 12.5 Å². The average Bonchev–Trinajstić information content (AvgIpc) is 3.22. The Labute approximate surface area is 185 Å². The number of hydrogen-bond acceptors (Lipinski definition) is 5. The Balaban J connectivity index is 1.60. The van der Waals surface area contributed by atoms with Crippen LogP contribution < -0.4 is 5.32 Å². The Kier molecular flexibility index (Phi) is 6.33. The highest BCUT2D eigenvalue weighted by Gasteiger charge is 2.19. The number of anilines is 1. The van der Waals surface area contributed by atoms with Crippen LogP contribution in [0.4, 0.5) is 5.69 Å². The lowest BCUT2D eigenvalue weighted by atomic mass is 10.1. The zero-order valence-corrected chi connectivity index (χ0v) is 17.8. The monoisotopic (exact) mass is 430 g/mol. The lowest BCUT2D eigenvalue weighted by Gasteiger charge is -2.12. The molecule has 1 aromatic heterocycles. The second-order valence-corrected chi connectivity index (χ2v) is 7.78. The molecule has 4 rings (SSSR count). The highest BCUT2D eigenvalue weighted by molar-refractivity contribution is 7.99. The molecule has 0 bridgehead atoms. The minimum atomic E-state index is -0.113. The van der Waals surface area contributed by atoms with E-state index < -0.39 is 0 Å². The molecule has 0 saturated heterocycles. The molecule has 4 aromatic rings. The van der Waals surface area contributed by atoms with Crippen molar-refractivity contribution in [1.82, 2.24) is 14.8 Å². The molecule has 0 aliphatic heterocycles. The van der Waals surface area contributed by atoms with Gasteiger partial charge in [-0.25, -0.2) is 0 Å². The number of rotatable bonds is 7. The largest absolute Gasteiger partial charge is 0.507 e. The van der Waals surface area contributed by atoms with E-state index in [0.717, 1.165) is 23.4 Å². The van der Waals surface area contributed by atoms with Gasteiger partial charge in [-0.3, -0.25) is 9.36 Å². The zero-order chi connectivity index (χ0) is 21.6. The zero-order valence-electron chi connectivity index (χ0n) is 17.0. The minimum absolute atomic E-state index is 0.113. The molecule has 1 heterocycles. The van der Waals surface area contributed by atoms with Gasteiger partial charge in [0.25, 0.3) is 0 Å². The molecular weight excluding hydrogens is 408 g/mol. The fourth-order valence-electron chi connectivity index (χ4n) is 3.28. The van der Waals surface area contributed by atoms with E-state index in [1.54, 1.807) is 18.2 Å². The molecule has 3 aromatic carbocycles. The summed E-state index contributed by atoms with van der Waals surface area (Å²) in [6.45, 7) is 2.06. The summed E-state index contributed by atoms with van der Waals surface area (Å²) in [7, 11) is 0. The van der Waals surface area contributed by atoms with Gasteiger partial charge in [-0.05, 0) is 42.3 Å². The number of aryl methyl sites for hydroxylation is 1. The average molecular weight is 431 g/mol. The number of para-hydroxylation sites is 3. The number of aromatic hydroxyl groups is 1. The van der Waals surface area contributed by atoms with Crippen molar-refractivity contribution >= 4 is 23.4 Å². The van der Waals surface area contributed by atoms with Gasteiger partial charge in [0.15, 0.2) is 11.0 Å². The van der Waals surface area contributed by atoms with E-state index in [2.05, 4.69) is 22.4 Å². The van der Waals surface area contributed by atoms with Crippen LogP contribution in [-0.2, 0) is 11.2 Å². The second-order valence-electron chi connectivity index (χ2n) is 6.84. The van der Waals surface area contributed by atoms with E-state index in [1.807, 2.05) is 65.2 Å². The number of aromatic nitrogens is 3. The fourth-order valence-corrected chi connectivity index (χ4v) is 4.03. The third-order valence-corrected chi connectivity index (χ3v) is 5.73. The first-order valence-electron chi connectivity index (χ1n) is 9.97. The fraction of sp³-hybridized carbons (Fsp3) is 0.125. The van der Waals surface area contributed by atoms with Crippen molar-refractivity contribution in [3.05, 3.63) is 84.4 Å². The molecule has 156 valence electrons. The van der Waals surface area contributed by atoms with Crippen molar-refractivity contribution < 1.29 is 9.90 Å². The maximum absolute atomic E-state index is 12.6. The summed E-state index contributed by atoms with van der Waals surface area (Å²) in [6.07, 6.45) is 0.843. The number of nitrogens with zero attached hydrogens (tertiary/aromatic N) is 3. The quantitative estimate of drug-likeness (QED) is 0.406. The molecule has 7 heteroatoms. The molecule has 1 amide bonds. The van der Waals surface area contributed by atoms with E-state index in [-0.39, 0.29) is 17.4 Å². The molecule has 0 radical (unpaired) electrons. The molecule has 0 atom stereocenters. The number of carbonyl (C=O) groups is 1. The van der Waals surface area contributed by atoms with Crippen molar-refractivity contribution in [3.8, 4) is 22.8 Å². The molecule has 0 aliphatic carbocycles. The maximum atomic E-state index is 12.6. The number of phenols is 1. The highest BCUT2D eigenvalue weighted by Crippen LogP contribution is 2.32. The van der Waals surface area contributed by atoms with Crippen LogP contribution in [0.3, 0.4) is 0 Å². The number of thioether (sulfide) groups is 1. The lowest BCUT2D eigenvalue weighted by Crippen LogP contribution is -2.15. The number of amides is 1. The summed E-state index contributed by atoms with van der Waals surface area (Å²) in [5, 5.41) is 22.5. The predicted octanol–water partition coefficient (Wildman–Crippen LogP) is 4.93. The van der Waals surface area contributed by atoms with E-state index >= 15 is 0 Å². The topological polar surface area (TPSA) is 80.0 Å². The minimum Gasteiger partial charge on any atom is -0.507 e. The predicted molar refractivity (Wildman–Crippen MR) is 124 cm³/mol. The van der Waals surface area contributed by atoms with Crippen molar-refractivity contribution in [3.63, 3.8) is 0 Å². The summed E-state index contributed by atoms with van der Waals surface area (Å²) in [5.41, 5.74) is 3.35. The van der Waals surface area contributed by atoms with Crippen molar-refractivity contribution in [2.45, 2.75) is 18.5 Å². The molecule has 0 unspecified atom stereocenters. The lowest BCUT2D eigenvalue weighted by molar-refractivity contribution is -0.113. The summed E-state index contributed by atoms with van der Waals surface area (Å²) < 4.78 is 1.85. The van der Waals surface area contributed by atoms with Crippen LogP contribution in [0.2, 0.25) is 0 Å². The van der Waals surface area contributed by atoms with E-state index in [4.69, 9.17) is 0 Å². The first-order valence-corrected chi connectivity index (χ1v) is 11.0. The van der Waals surface area contributed by atoms with Crippen LogP contribution in [0.25, 0.3) is 17.1 Å². The molecule has 31 heavy (non-hydrogen) atoms. The molecule has 0 saturated carbocycles. The van der Waals surface area contributed by atoms with Gasteiger partial charge in [-0.2, -0.15) is 0 Å². The van der Waals surface area contributed by atoms with E-state index in [1.165, 1.54) is 11.8 Å². The van der Waals surface area contributed by atoms with E-state index in [9.17, 15) is 9.90 Å². The van der Waals surface area contributed by atoms with Crippen LogP contribution in [0, 0.1) is 0 Å². The summed E-state index contributed by atoms with van der Waals surface area (Å²) in [5.74, 6) is 0.711. The molecular formula is C24H22N4O2S. The van der Waals surface area contributed by atoms with Gasteiger partial charge in [-0.15, -0.1) is 10.2 Å². The second kappa shape index (κ2) is 9.49. The molecule has 2 N–H and O–H groups in total. The highest BCUT2D eigenvalue weighted by atomic mass is 32.2. The summed E-state index contributed by atoms with van der Waals surface area (Å²) in [4.78, 5) is 12.6. The van der Waals surface area contributed by atoms with Crippen LogP contribution in [-0.4, -0.2) is 31.5 Å². The first-order chi connectivity index (χ1) is 15.2. The van der Waals surface area contributed by atoms with Crippen molar-refractivity contribution in [1.29, 1.82) is 0 Å². The number of carbonyl (C=O) groups excluding carboxylic acids is 1. The van der Waals surface area contributed by atoms with Crippen LogP contribution in [0.5, 0.6) is 5.75 Å². The standard InChI is InChI=1S/C24H22N4O2S/c1-2-17-10-6-8-14-20(17)25-22(30)16-31-24-27-26-23(19-13-7-9-15-21(19)29)28(24)18-11-4-3-5-12-18/h3-15,29H,2,16H2,1H3,(H,25,30). The third kappa shape index (κ3) is 4.62. The van der Waals surface area contributed by atoms with Crippen molar-refractivity contribution in [2.24, 2.45) is 0 Å². The number of benzene rings is 3. The van der Waals surface area contributed by atoms with Gasteiger partial charge in [0.2, 0.25) is 5.91 Å². The van der Waals surface area contributed by atoms with Gasteiger partial charge in [-0.1, -0.05) is 67.2 Å². The molecule has 0 spiro atoms. The number of phenolic OH excluding ortho intramolecular Hbond substituents is 1. The normalized spacial score (nSPS) is 10.7. The smallest absolute Gasteiger partial charge is 0.234 e. The Hall–Kier alpha value is -3.58. The van der Waals surface area contributed by atoms with Gasteiger partial charge in [0.05, 0.1) is 11.3 Å². The van der Waals surface area contributed by atoms with Gasteiger partial charge in [0.1, 0.15) is 5.75 Å². The Morgan fingerprint density at radius 3 is 2.45 bits per heavy atom. The van der Waals surface area contributed by atoms with Gasteiger partial charge >= 0.3 is 0 Å². The number of nitrogens with one attached hydrogen (secondary N) is 1. The Morgan fingerprint density at radius 2 is 1.68 bits per heavy atom. The number of hydrogen-bond donors (Lipinski definition) is 2. The first kappa shape index (κ1) is 20.7. The van der Waals surface area contributed by atoms with Gasteiger partial charge < -0.3 is 10.4 Å². The van der Waals surface area contributed by atoms with Gasteiger partial charge in [0, 0.05) is 11.4 Å². The summed E-state index contributed by atoms with van der Waals surface area (Å²) in [6, 6.07) is 24.4. The summed E-state index contributed by atoms with van der Waals surface area (Å²) >= 11 is 1.30. The maximum Gasteiger partial charge on any atom is 0.234 e.